The van der Waals surface area contributed by atoms with Gasteiger partial charge in [0, 0.05) is 16.0 Å². The third-order valence-electron chi connectivity index (χ3n) is 5.54. The van der Waals surface area contributed by atoms with Crippen molar-refractivity contribution in [2.75, 3.05) is 18.1 Å². The van der Waals surface area contributed by atoms with E-state index in [9.17, 15) is 14.4 Å². The van der Waals surface area contributed by atoms with Crippen molar-refractivity contribution >= 4 is 45.9 Å². The first-order valence-corrected chi connectivity index (χ1v) is 11.1. The lowest BCUT2D eigenvalue weighted by Gasteiger charge is -2.28. The van der Waals surface area contributed by atoms with Gasteiger partial charge in [0.15, 0.2) is 6.61 Å². The van der Waals surface area contributed by atoms with Crippen molar-refractivity contribution in [1.82, 2.24) is 15.8 Å². The van der Waals surface area contributed by atoms with E-state index in [1.165, 1.54) is 4.90 Å². The van der Waals surface area contributed by atoms with Crippen LogP contribution in [-0.2, 0) is 9.59 Å². The number of ether oxygens (including phenoxy) is 1. The van der Waals surface area contributed by atoms with Gasteiger partial charge in [0.2, 0.25) is 0 Å². The molecule has 35 heavy (non-hydrogen) atoms. The van der Waals surface area contributed by atoms with E-state index in [0.29, 0.717) is 44.2 Å². The van der Waals surface area contributed by atoms with Crippen LogP contribution in [0, 0.1) is 0 Å². The number of halogens is 1. The summed E-state index contributed by atoms with van der Waals surface area (Å²) in [4.78, 5) is 44.0. The highest BCUT2D eigenvalue weighted by Crippen LogP contribution is 2.31. The van der Waals surface area contributed by atoms with E-state index in [1.54, 1.807) is 54.6 Å². The van der Waals surface area contributed by atoms with Gasteiger partial charge >= 0.3 is 0 Å². The molecule has 4 aromatic rings. The number of nitrogens with one attached hydrogen (secondary N) is 2. The molecule has 0 atom stereocenters. The summed E-state index contributed by atoms with van der Waals surface area (Å²) >= 11 is 6.35. The SMILES string of the molecule is O=C(CN1C(=O)COc2ccccc21)NNC(=O)c1cc(-c2ccccc2Cl)nc2ccccc12. The van der Waals surface area contributed by atoms with E-state index in [1.807, 2.05) is 24.3 Å². The number of amides is 3. The zero-order chi connectivity index (χ0) is 24.4. The predicted octanol–water partition coefficient (Wildman–Crippen LogP) is 3.74. The maximum Gasteiger partial charge on any atom is 0.270 e. The van der Waals surface area contributed by atoms with E-state index in [4.69, 9.17) is 16.3 Å². The van der Waals surface area contributed by atoms with E-state index in [0.717, 1.165) is 0 Å². The van der Waals surface area contributed by atoms with Gasteiger partial charge in [0.25, 0.3) is 17.7 Å². The predicted molar refractivity (Wildman–Crippen MR) is 132 cm³/mol. The summed E-state index contributed by atoms with van der Waals surface area (Å²) in [5, 5.41) is 1.12. The molecule has 0 bridgehead atoms. The number of hydrogen-bond donors (Lipinski definition) is 2. The van der Waals surface area contributed by atoms with Gasteiger partial charge in [-0.05, 0) is 30.3 Å². The van der Waals surface area contributed by atoms with Gasteiger partial charge < -0.3 is 4.74 Å². The first-order chi connectivity index (χ1) is 17.0. The fourth-order valence-corrected chi connectivity index (χ4v) is 4.11. The standard InChI is InChI=1S/C26H19ClN4O4/c27-19-9-3-1-8-17(19)21-13-18(16-7-2-4-10-20(16)28-21)26(34)30-29-24(32)14-31-22-11-5-6-12-23(22)35-15-25(31)33/h1-13H,14-15H2,(H,29,32)(H,30,34). The molecule has 3 aromatic carbocycles. The molecule has 9 heteroatoms. The third kappa shape index (κ3) is 4.51. The number of pyridine rings is 1. The Kier molecular flexibility index (Phi) is 6.03. The van der Waals surface area contributed by atoms with Crippen LogP contribution in [0.2, 0.25) is 5.02 Å². The number of carbonyl (C=O) groups excluding carboxylic acids is 3. The molecular formula is C26H19ClN4O4. The number of benzene rings is 3. The monoisotopic (exact) mass is 486 g/mol. The van der Waals surface area contributed by atoms with Crippen molar-refractivity contribution < 1.29 is 19.1 Å². The molecule has 0 saturated carbocycles. The number of hydrogen-bond acceptors (Lipinski definition) is 5. The Labute approximate surface area is 205 Å². The zero-order valence-corrected chi connectivity index (χ0v) is 19.1. The molecule has 0 fully saturated rings. The molecule has 174 valence electrons. The van der Waals surface area contributed by atoms with Gasteiger partial charge in [-0.3, -0.25) is 30.1 Å². The number of carbonyl (C=O) groups is 3. The highest BCUT2D eigenvalue weighted by molar-refractivity contribution is 6.33. The van der Waals surface area contributed by atoms with Crippen molar-refractivity contribution in [2.24, 2.45) is 0 Å². The van der Waals surface area contributed by atoms with E-state index >= 15 is 0 Å². The lowest BCUT2D eigenvalue weighted by Crippen LogP contribution is -2.49. The normalized spacial score (nSPS) is 12.6. The minimum absolute atomic E-state index is 0.162. The van der Waals surface area contributed by atoms with E-state index < -0.39 is 11.8 Å². The molecule has 0 aliphatic carbocycles. The summed E-state index contributed by atoms with van der Waals surface area (Å²) in [7, 11) is 0. The summed E-state index contributed by atoms with van der Waals surface area (Å²) in [5.41, 5.74) is 7.47. The summed E-state index contributed by atoms with van der Waals surface area (Å²) < 4.78 is 5.39. The van der Waals surface area contributed by atoms with Crippen LogP contribution in [0.25, 0.3) is 22.2 Å². The molecule has 1 aromatic heterocycles. The quantitative estimate of drug-likeness (QED) is 0.428. The van der Waals surface area contributed by atoms with Crippen LogP contribution in [0.4, 0.5) is 5.69 Å². The molecule has 1 aliphatic heterocycles. The maximum atomic E-state index is 13.1. The van der Waals surface area contributed by atoms with E-state index in [2.05, 4.69) is 15.8 Å². The van der Waals surface area contributed by atoms with Crippen LogP contribution >= 0.6 is 11.6 Å². The second kappa shape index (κ2) is 9.44. The Morgan fingerprint density at radius 1 is 0.971 bits per heavy atom. The zero-order valence-electron chi connectivity index (χ0n) is 18.3. The molecule has 8 nitrogen and oxygen atoms in total. The Morgan fingerprint density at radius 3 is 2.57 bits per heavy atom. The number of para-hydroxylation sites is 3. The molecule has 2 N–H and O–H groups in total. The largest absolute Gasteiger partial charge is 0.482 e. The number of anilines is 1. The van der Waals surface area contributed by atoms with Crippen LogP contribution in [0.5, 0.6) is 5.75 Å². The Balaban J connectivity index is 1.36. The number of fused-ring (bicyclic) bond motifs is 2. The second-order valence-corrected chi connectivity index (χ2v) is 8.20. The van der Waals surface area contributed by atoms with Crippen molar-refractivity contribution in [3.63, 3.8) is 0 Å². The smallest absolute Gasteiger partial charge is 0.270 e. The van der Waals surface area contributed by atoms with Crippen LogP contribution < -0.4 is 20.5 Å². The summed E-state index contributed by atoms with van der Waals surface area (Å²) in [6, 6.07) is 23.0. The topological polar surface area (TPSA) is 101 Å². The Morgan fingerprint density at radius 2 is 1.71 bits per heavy atom. The summed E-state index contributed by atoms with van der Waals surface area (Å²) in [6.45, 7) is -0.439. The van der Waals surface area contributed by atoms with Crippen LogP contribution in [-0.4, -0.2) is 35.9 Å². The second-order valence-electron chi connectivity index (χ2n) is 7.79. The molecule has 3 amide bonds. The molecule has 0 saturated heterocycles. The summed E-state index contributed by atoms with van der Waals surface area (Å²) in [5.74, 6) is -0.930. The highest BCUT2D eigenvalue weighted by atomic mass is 35.5. The van der Waals surface area contributed by atoms with Gasteiger partial charge in [0.05, 0.1) is 22.5 Å². The molecular weight excluding hydrogens is 468 g/mol. The maximum absolute atomic E-state index is 13.1. The fraction of sp³-hybridized carbons (Fsp3) is 0.0769. The van der Waals surface area contributed by atoms with Crippen LogP contribution in [0.1, 0.15) is 10.4 Å². The molecule has 0 spiro atoms. The van der Waals surface area contributed by atoms with Gasteiger partial charge in [-0.15, -0.1) is 0 Å². The lowest BCUT2D eigenvalue weighted by atomic mass is 10.0. The van der Waals surface area contributed by atoms with Crippen LogP contribution in [0.3, 0.4) is 0 Å². The first kappa shape index (κ1) is 22.4. The third-order valence-corrected chi connectivity index (χ3v) is 5.87. The average Bonchev–Trinajstić information content (AvgIpc) is 2.88. The molecule has 1 aliphatic rings. The van der Waals surface area contributed by atoms with E-state index in [-0.39, 0.29) is 19.1 Å². The average molecular weight is 487 g/mol. The molecule has 5 rings (SSSR count). The van der Waals surface area contributed by atoms with Crippen molar-refractivity contribution in [2.45, 2.75) is 0 Å². The summed E-state index contributed by atoms with van der Waals surface area (Å²) in [6.07, 6.45) is 0. The van der Waals surface area contributed by atoms with Gasteiger partial charge in [0.1, 0.15) is 12.3 Å². The Hall–Kier alpha value is -4.43. The number of rotatable bonds is 4. The van der Waals surface area contributed by atoms with Gasteiger partial charge in [-0.2, -0.15) is 0 Å². The van der Waals surface area contributed by atoms with Gasteiger partial charge in [-0.25, -0.2) is 4.98 Å². The molecule has 0 unspecified atom stereocenters. The van der Waals surface area contributed by atoms with Crippen molar-refractivity contribution in [3.8, 4) is 17.0 Å². The Bertz CT molecular complexity index is 1470. The first-order valence-electron chi connectivity index (χ1n) is 10.8. The molecule has 0 radical (unpaired) electrons. The highest BCUT2D eigenvalue weighted by Gasteiger charge is 2.27. The number of hydrazine groups is 1. The van der Waals surface area contributed by atoms with Crippen molar-refractivity contribution in [3.05, 3.63) is 89.4 Å². The molecule has 2 heterocycles. The van der Waals surface area contributed by atoms with Gasteiger partial charge in [-0.1, -0.05) is 60.1 Å². The minimum Gasteiger partial charge on any atom is -0.482 e. The lowest BCUT2D eigenvalue weighted by molar-refractivity contribution is -0.125. The fourth-order valence-electron chi connectivity index (χ4n) is 3.87. The number of nitrogens with zero attached hydrogens (tertiary/aromatic N) is 2. The number of aromatic nitrogens is 1. The van der Waals surface area contributed by atoms with Crippen molar-refractivity contribution in [1.29, 1.82) is 0 Å². The van der Waals surface area contributed by atoms with Crippen LogP contribution in [0.15, 0.2) is 78.9 Å². The minimum atomic E-state index is -0.562.